The number of benzene rings is 2. The smallest absolute Gasteiger partial charge is 0.270 e. The molecular weight excluding hydrogens is 408 g/mol. The average molecular weight is 431 g/mol. The van der Waals surface area contributed by atoms with Crippen molar-refractivity contribution in [2.45, 2.75) is 38.1 Å². The van der Waals surface area contributed by atoms with Crippen LogP contribution >= 0.6 is 11.3 Å². The SMILES string of the molecule is Cc1cccc(C(=O)Nc2nnc(S(=O)(=O)N[C@@H](C)c3ccc(C)cc3C)s2)c1. The number of nitrogens with one attached hydrogen (secondary N) is 2. The van der Waals surface area contributed by atoms with E-state index in [0.717, 1.165) is 33.6 Å². The van der Waals surface area contributed by atoms with Gasteiger partial charge in [-0.1, -0.05) is 52.8 Å². The lowest BCUT2D eigenvalue weighted by atomic mass is 10.0. The van der Waals surface area contributed by atoms with Crippen molar-refractivity contribution in [2.75, 3.05) is 5.32 Å². The maximum absolute atomic E-state index is 12.7. The molecule has 0 bridgehead atoms. The molecule has 7 nitrogen and oxygen atoms in total. The van der Waals surface area contributed by atoms with Crippen molar-refractivity contribution >= 4 is 32.4 Å². The molecular formula is C20H22N4O3S2. The number of hydrogen-bond acceptors (Lipinski definition) is 6. The first kappa shape index (κ1) is 21.1. The van der Waals surface area contributed by atoms with Gasteiger partial charge in [0, 0.05) is 11.6 Å². The summed E-state index contributed by atoms with van der Waals surface area (Å²) in [6.07, 6.45) is 0. The molecule has 29 heavy (non-hydrogen) atoms. The van der Waals surface area contributed by atoms with Gasteiger partial charge in [-0.15, -0.1) is 10.2 Å². The summed E-state index contributed by atoms with van der Waals surface area (Å²) in [7, 11) is -3.88. The van der Waals surface area contributed by atoms with Gasteiger partial charge in [-0.25, -0.2) is 13.1 Å². The van der Waals surface area contributed by atoms with Crippen molar-refractivity contribution in [1.82, 2.24) is 14.9 Å². The Hall–Kier alpha value is -2.62. The van der Waals surface area contributed by atoms with Crippen LogP contribution in [-0.2, 0) is 10.0 Å². The maximum atomic E-state index is 12.7. The molecule has 3 rings (SSSR count). The molecule has 152 valence electrons. The summed E-state index contributed by atoms with van der Waals surface area (Å²) < 4.78 is 27.8. The predicted octanol–water partition coefficient (Wildman–Crippen LogP) is 3.76. The molecule has 1 heterocycles. The standard InChI is InChI=1S/C20H22N4O3S2/c1-12-6-5-7-16(11-12)18(25)21-19-22-23-20(28-19)29(26,27)24-15(4)17-9-8-13(2)10-14(17)3/h5-11,15,24H,1-4H3,(H,21,22,25)/t15-/m0/s1. The minimum atomic E-state index is -3.88. The lowest BCUT2D eigenvalue weighted by molar-refractivity contribution is 0.102. The number of sulfonamides is 1. The Bertz CT molecular complexity index is 1160. The molecule has 0 aliphatic heterocycles. The van der Waals surface area contributed by atoms with Crippen molar-refractivity contribution in [3.8, 4) is 0 Å². The Kier molecular flexibility index (Phi) is 6.11. The quantitative estimate of drug-likeness (QED) is 0.580. The zero-order valence-corrected chi connectivity index (χ0v) is 18.2. The number of hydrogen-bond donors (Lipinski definition) is 2. The molecule has 2 aromatic carbocycles. The first-order valence-electron chi connectivity index (χ1n) is 8.97. The molecule has 0 unspecified atom stereocenters. The number of amides is 1. The van der Waals surface area contributed by atoms with Crippen LogP contribution in [0, 0.1) is 20.8 Å². The van der Waals surface area contributed by atoms with E-state index in [1.165, 1.54) is 0 Å². The van der Waals surface area contributed by atoms with Gasteiger partial charge in [0.15, 0.2) is 0 Å². The number of aromatic nitrogens is 2. The van der Waals surface area contributed by atoms with E-state index in [-0.39, 0.29) is 15.4 Å². The van der Waals surface area contributed by atoms with Gasteiger partial charge in [0.1, 0.15) is 0 Å². The van der Waals surface area contributed by atoms with Crippen LogP contribution in [0.5, 0.6) is 0 Å². The molecule has 0 aliphatic rings. The highest BCUT2D eigenvalue weighted by molar-refractivity contribution is 7.91. The summed E-state index contributed by atoms with van der Waals surface area (Å²) in [6.45, 7) is 7.59. The Morgan fingerprint density at radius 3 is 2.45 bits per heavy atom. The van der Waals surface area contributed by atoms with E-state index in [1.54, 1.807) is 25.1 Å². The highest BCUT2D eigenvalue weighted by Crippen LogP contribution is 2.24. The Morgan fingerprint density at radius 2 is 1.76 bits per heavy atom. The molecule has 0 aliphatic carbocycles. The fraction of sp³-hybridized carbons (Fsp3) is 0.250. The second kappa shape index (κ2) is 8.40. The van der Waals surface area contributed by atoms with Crippen molar-refractivity contribution < 1.29 is 13.2 Å². The molecule has 0 fully saturated rings. The van der Waals surface area contributed by atoms with E-state index in [0.29, 0.717) is 5.56 Å². The van der Waals surface area contributed by atoms with Gasteiger partial charge < -0.3 is 0 Å². The fourth-order valence-corrected chi connectivity index (χ4v) is 5.12. The molecule has 1 atom stereocenters. The van der Waals surface area contributed by atoms with E-state index in [4.69, 9.17) is 0 Å². The van der Waals surface area contributed by atoms with Gasteiger partial charge >= 0.3 is 0 Å². The topological polar surface area (TPSA) is 101 Å². The second-order valence-corrected chi connectivity index (χ2v) is 9.76. The van der Waals surface area contributed by atoms with Gasteiger partial charge in [-0.05, 0) is 51.0 Å². The van der Waals surface area contributed by atoms with Crippen LogP contribution in [0.3, 0.4) is 0 Å². The number of carbonyl (C=O) groups is 1. The van der Waals surface area contributed by atoms with Gasteiger partial charge in [0.05, 0.1) is 0 Å². The van der Waals surface area contributed by atoms with Crippen LogP contribution in [0.15, 0.2) is 46.8 Å². The van der Waals surface area contributed by atoms with Crippen molar-refractivity contribution in [3.05, 3.63) is 70.3 Å². The third-order valence-electron chi connectivity index (χ3n) is 4.36. The van der Waals surface area contributed by atoms with Crippen molar-refractivity contribution in [1.29, 1.82) is 0 Å². The third-order valence-corrected chi connectivity index (χ3v) is 7.11. The van der Waals surface area contributed by atoms with Crippen LogP contribution in [-0.4, -0.2) is 24.5 Å². The third kappa shape index (κ3) is 5.06. The number of rotatable bonds is 6. The van der Waals surface area contributed by atoms with Gasteiger partial charge in [0.2, 0.25) is 9.47 Å². The minimum absolute atomic E-state index is 0.121. The summed E-state index contributed by atoms with van der Waals surface area (Å²) in [5.41, 5.74) is 4.41. The molecule has 0 saturated carbocycles. The molecule has 9 heteroatoms. The molecule has 0 radical (unpaired) electrons. The van der Waals surface area contributed by atoms with Crippen LogP contribution in [0.25, 0.3) is 0 Å². The summed E-state index contributed by atoms with van der Waals surface area (Å²) in [5, 5.41) is 10.2. The molecule has 0 saturated heterocycles. The lowest BCUT2D eigenvalue weighted by Gasteiger charge is -2.16. The minimum Gasteiger partial charge on any atom is -0.296 e. The lowest BCUT2D eigenvalue weighted by Crippen LogP contribution is -2.27. The zero-order valence-electron chi connectivity index (χ0n) is 16.6. The molecule has 3 aromatic rings. The van der Waals surface area contributed by atoms with Crippen LogP contribution in [0.1, 0.15) is 45.6 Å². The molecule has 1 aromatic heterocycles. The van der Waals surface area contributed by atoms with E-state index in [1.807, 2.05) is 45.0 Å². The van der Waals surface area contributed by atoms with Crippen molar-refractivity contribution in [2.24, 2.45) is 0 Å². The molecule has 1 amide bonds. The van der Waals surface area contributed by atoms with Crippen molar-refractivity contribution in [3.63, 3.8) is 0 Å². The summed E-state index contributed by atoms with van der Waals surface area (Å²) in [4.78, 5) is 12.3. The largest absolute Gasteiger partial charge is 0.296 e. The average Bonchev–Trinajstić information content (AvgIpc) is 3.10. The molecule has 0 spiro atoms. The Labute approximate surface area is 174 Å². The van der Waals surface area contributed by atoms with E-state index >= 15 is 0 Å². The highest BCUT2D eigenvalue weighted by atomic mass is 32.2. The van der Waals surface area contributed by atoms with E-state index in [9.17, 15) is 13.2 Å². The Balaban J connectivity index is 1.73. The number of anilines is 1. The van der Waals surface area contributed by atoms with E-state index in [2.05, 4.69) is 20.2 Å². The van der Waals surface area contributed by atoms with Gasteiger partial charge in [-0.3, -0.25) is 10.1 Å². The number of nitrogens with zero attached hydrogens (tertiary/aromatic N) is 2. The summed E-state index contributed by atoms with van der Waals surface area (Å²) in [5.74, 6) is -0.370. The van der Waals surface area contributed by atoms with Crippen LogP contribution in [0.4, 0.5) is 5.13 Å². The monoisotopic (exact) mass is 430 g/mol. The normalized spacial score (nSPS) is 12.6. The molecule has 2 N–H and O–H groups in total. The summed E-state index contributed by atoms with van der Waals surface area (Å²) in [6, 6.07) is 12.5. The fourth-order valence-electron chi connectivity index (χ4n) is 2.98. The second-order valence-electron chi connectivity index (χ2n) is 6.90. The first-order chi connectivity index (χ1) is 13.7. The summed E-state index contributed by atoms with van der Waals surface area (Å²) >= 11 is 0.806. The van der Waals surface area contributed by atoms with Gasteiger partial charge in [-0.2, -0.15) is 0 Å². The first-order valence-corrected chi connectivity index (χ1v) is 11.3. The zero-order chi connectivity index (χ0) is 21.2. The van der Waals surface area contributed by atoms with Gasteiger partial charge in [0.25, 0.3) is 15.9 Å². The predicted molar refractivity (Wildman–Crippen MR) is 114 cm³/mol. The maximum Gasteiger partial charge on any atom is 0.270 e. The number of carbonyl (C=O) groups excluding carboxylic acids is 1. The highest BCUT2D eigenvalue weighted by Gasteiger charge is 2.24. The van der Waals surface area contributed by atoms with E-state index < -0.39 is 16.1 Å². The van der Waals surface area contributed by atoms with Crippen LogP contribution < -0.4 is 10.0 Å². The van der Waals surface area contributed by atoms with Crippen LogP contribution in [0.2, 0.25) is 0 Å². The number of aryl methyl sites for hydroxylation is 3. The Morgan fingerprint density at radius 1 is 1.03 bits per heavy atom.